The molecule has 3 heterocycles. The molecular formula is C24H25F2N3O3. The standard InChI is InChI=1S/C24H25F2N3O3/c25-16-12-17(26)14-19(13-16)29-10-5-18(6-11-29)28-22(30)15-3-7-24(8-4-15)20-2-1-9-27-21(20)23(31)32-24/h1-2,9,12-15,18H,3-8,10-11H2,(H,28,30). The lowest BCUT2D eigenvalue weighted by Crippen LogP contribution is -2.47. The van der Waals surface area contributed by atoms with Crippen LogP contribution in [0.2, 0.25) is 0 Å². The van der Waals surface area contributed by atoms with Crippen LogP contribution >= 0.6 is 0 Å². The van der Waals surface area contributed by atoms with Gasteiger partial charge in [-0.2, -0.15) is 0 Å². The third-order valence-corrected chi connectivity index (χ3v) is 7.00. The molecule has 1 saturated carbocycles. The Bertz CT molecular complexity index is 1020. The van der Waals surface area contributed by atoms with Crippen LogP contribution in [0.1, 0.15) is 54.6 Å². The fourth-order valence-electron chi connectivity index (χ4n) is 5.26. The van der Waals surface area contributed by atoms with Crippen LogP contribution in [-0.2, 0) is 15.1 Å². The van der Waals surface area contributed by atoms with Crippen molar-refractivity contribution in [3.05, 3.63) is 59.4 Å². The number of hydrogen-bond donors (Lipinski definition) is 1. The molecule has 2 fully saturated rings. The molecular weight excluding hydrogens is 416 g/mol. The molecule has 1 spiro atoms. The Balaban J connectivity index is 1.14. The summed E-state index contributed by atoms with van der Waals surface area (Å²) in [6.07, 6.45) is 5.55. The molecule has 0 radical (unpaired) electrons. The van der Waals surface area contributed by atoms with Crippen molar-refractivity contribution in [2.75, 3.05) is 18.0 Å². The minimum atomic E-state index is -0.650. The number of esters is 1. The van der Waals surface area contributed by atoms with E-state index in [1.165, 1.54) is 12.1 Å². The first-order valence-electron chi connectivity index (χ1n) is 11.1. The van der Waals surface area contributed by atoms with Crippen molar-refractivity contribution < 1.29 is 23.1 Å². The first kappa shape index (κ1) is 20.8. The molecule has 32 heavy (non-hydrogen) atoms. The normalized spacial score (nSPS) is 25.5. The maximum atomic E-state index is 13.5. The Kier molecular flexibility index (Phi) is 5.31. The Morgan fingerprint density at radius 3 is 2.47 bits per heavy atom. The van der Waals surface area contributed by atoms with Crippen molar-refractivity contribution >= 4 is 17.6 Å². The third kappa shape index (κ3) is 3.82. The van der Waals surface area contributed by atoms with Gasteiger partial charge < -0.3 is 15.0 Å². The highest BCUT2D eigenvalue weighted by molar-refractivity contribution is 5.92. The van der Waals surface area contributed by atoms with Gasteiger partial charge in [-0.05, 0) is 56.7 Å². The molecule has 0 atom stereocenters. The van der Waals surface area contributed by atoms with Crippen molar-refractivity contribution in [1.29, 1.82) is 0 Å². The van der Waals surface area contributed by atoms with E-state index in [9.17, 15) is 18.4 Å². The number of piperidine rings is 1. The van der Waals surface area contributed by atoms with Crippen molar-refractivity contribution in [3.63, 3.8) is 0 Å². The van der Waals surface area contributed by atoms with Gasteiger partial charge in [-0.1, -0.05) is 6.07 Å². The third-order valence-electron chi connectivity index (χ3n) is 7.00. The molecule has 5 rings (SSSR count). The van der Waals surface area contributed by atoms with Gasteiger partial charge in [-0.3, -0.25) is 4.79 Å². The van der Waals surface area contributed by atoms with Gasteiger partial charge in [0.15, 0.2) is 5.69 Å². The average Bonchev–Trinajstić information content (AvgIpc) is 3.05. The smallest absolute Gasteiger partial charge is 0.358 e. The average molecular weight is 441 g/mol. The number of halogens is 2. The molecule has 1 aliphatic carbocycles. The van der Waals surface area contributed by atoms with E-state index in [1.54, 1.807) is 6.20 Å². The fraction of sp³-hybridized carbons (Fsp3) is 0.458. The van der Waals surface area contributed by atoms with Crippen molar-refractivity contribution in [2.24, 2.45) is 5.92 Å². The van der Waals surface area contributed by atoms with Gasteiger partial charge in [-0.25, -0.2) is 18.6 Å². The summed E-state index contributed by atoms with van der Waals surface area (Å²) in [5.41, 5.74) is 1.11. The zero-order valence-corrected chi connectivity index (χ0v) is 17.7. The molecule has 0 bridgehead atoms. The van der Waals surface area contributed by atoms with Gasteiger partial charge in [0, 0.05) is 48.6 Å². The number of nitrogens with zero attached hydrogens (tertiary/aromatic N) is 2. The quantitative estimate of drug-likeness (QED) is 0.736. The number of carbonyl (C=O) groups excluding carboxylic acids is 2. The SMILES string of the molecule is O=C1OC2(CCC(C(=O)NC3CCN(c4cc(F)cc(F)c4)CC3)CC2)c2cccnc21. The summed E-state index contributed by atoms with van der Waals surface area (Å²) in [7, 11) is 0. The number of benzene rings is 1. The van der Waals surface area contributed by atoms with Crippen molar-refractivity contribution in [3.8, 4) is 0 Å². The first-order chi connectivity index (χ1) is 15.4. The first-order valence-corrected chi connectivity index (χ1v) is 11.1. The highest BCUT2D eigenvalue weighted by Crippen LogP contribution is 2.47. The number of nitrogens with one attached hydrogen (secondary N) is 1. The van der Waals surface area contributed by atoms with E-state index in [2.05, 4.69) is 10.3 Å². The Hall–Kier alpha value is -3.03. The summed E-state index contributed by atoms with van der Waals surface area (Å²) in [5.74, 6) is -1.64. The number of rotatable bonds is 3. The second kappa shape index (κ2) is 8.15. The molecule has 2 aromatic rings. The van der Waals surface area contributed by atoms with Crippen molar-refractivity contribution in [2.45, 2.75) is 50.2 Å². The maximum absolute atomic E-state index is 13.5. The van der Waals surface area contributed by atoms with Crippen LogP contribution in [0, 0.1) is 17.6 Å². The van der Waals surface area contributed by atoms with Crippen LogP contribution in [-0.4, -0.2) is 36.0 Å². The zero-order valence-electron chi connectivity index (χ0n) is 17.7. The van der Waals surface area contributed by atoms with Crippen LogP contribution in [0.4, 0.5) is 14.5 Å². The van der Waals surface area contributed by atoms with Gasteiger partial charge in [0.2, 0.25) is 5.91 Å². The molecule has 8 heteroatoms. The summed E-state index contributed by atoms with van der Waals surface area (Å²) in [4.78, 5) is 31.2. The summed E-state index contributed by atoms with van der Waals surface area (Å²) >= 11 is 0. The second-order valence-electron chi connectivity index (χ2n) is 8.96. The number of ether oxygens (including phenoxy) is 1. The van der Waals surface area contributed by atoms with Gasteiger partial charge >= 0.3 is 5.97 Å². The molecule has 168 valence electrons. The minimum absolute atomic E-state index is 0.0332. The van der Waals surface area contributed by atoms with Gasteiger partial charge in [0.05, 0.1) is 0 Å². The van der Waals surface area contributed by atoms with Crippen LogP contribution in [0.15, 0.2) is 36.5 Å². The number of fused-ring (bicyclic) bond motifs is 2. The summed E-state index contributed by atoms with van der Waals surface area (Å²) in [6, 6.07) is 7.29. The van der Waals surface area contributed by atoms with E-state index in [4.69, 9.17) is 4.74 Å². The molecule has 2 aliphatic heterocycles. The van der Waals surface area contributed by atoms with E-state index < -0.39 is 17.2 Å². The number of carbonyl (C=O) groups is 2. The van der Waals surface area contributed by atoms with E-state index in [0.717, 1.165) is 24.5 Å². The second-order valence-corrected chi connectivity index (χ2v) is 8.96. The number of hydrogen-bond acceptors (Lipinski definition) is 5. The minimum Gasteiger partial charge on any atom is -0.449 e. The fourth-order valence-corrected chi connectivity index (χ4v) is 5.26. The summed E-state index contributed by atoms with van der Waals surface area (Å²) in [6.45, 7) is 1.25. The number of aromatic nitrogens is 1. The van der Waals surface area contributed by atoms with Gasteiger partial charge in [0.1, 0.15) is 17.2 Å². The molecule has 1 aromatic heterocycles. The molecule has 1 saturated heterocycles. The van der Waals surface area contributed by atoms with Crippen LogP contribution in [0.3, 0.4) is 0 Å². The predicted octanol–water partition coefficient (Wildman–Crippen LogP) is 3.70. The predicted molar refractivity (Wildman–Crippen MR) is 113 cm³/mol. The van der Waals surface area contributed by atoms with Crippen LogP contribution < -0.4 is 10.2 Å². The highest BCUT2D eigenvalue weighted by Gasteiger charge is 2.49. The Morgan fingerprint density at radius 1 is 1.09 bits per heavy atom. The van der Waals surface area contributed by atoms with Crippen molar-refractivity contribution in [1.82, 2.24) is 10.3 Å². The number of anilines is 1. The molecule has 0 unspecified atom stereocenters. The van der Waals surface area contributed by atoms with E-state index >= 15 is 0 Å². The van der Waals surface area contributed by atoms with E-state index in [0.29, 0.717) is 50.2 Å². The number of pyridine rings is 1. The highest BCUT2D eigenvalue weighted by atomic mass is 19.1. The largest absolute Gasteiger partial charge is 0.449 e. The zero-order chi connectivity index (χ0) is 22.3. The molecule has 6 nitrogen and oxygen atoms in total. The van der Waals surface area contributed by atoms with E-state index in [-0.39, 0.29) is 23.8 Å². The van der Waals surface area contributed by atoms with Gasteiger partial charge in [-0.15, -0.1) is 0 Å². The molecule has 1 N–H and O–H groups in total. The Labute approximate surface area is 185 Å². The lowest BCUT2D eigenvalue weighted by molar-refractivity contribution is -0.128. The van der Waals surface area contributed by atoms with Crippen LogP contribution in [0.5, 0.6) is 0 Å². The lowest BCUT2D eigenvalue weighted by Gasteiger charge is -2.37. The number of amides is 1. The topological polar surface area (TPSA) is 71.5 Å². The summed E-state index contributed by atoms with van der Waals surface area (Å²) in [5, 5.41) is 3.16. The van der Waals surface area contributed by atoms with E-state index in [1.807, 2.05) is 17.0 Å². The molecule has 3 aliphatic rings. The Morgan fingerprint density at radius 2 is 1.78 bits per heavy atom. The van der Waals surface area contributed by atoms with Crippen LogP contribution in [0.25, 0.3) is 0 Å². The molecule has 1 amide bonds. The summed E-state index contributed by atoms with van der Waals surface area (Å²) < 4.78 is 32.7. The lowest BCUT2D eigenvalue weighted by atomic mass is 9.75. The van der Waals surface area contributed by atoms with Gasteiger partial charge in [0.25, 0.3) is 0 Å². The molecule has 1 aromatic carbocycles. The monoisotopic (exact) mass is 441 g/mol. The maximum Gasteiger partial charge on any atom is 0.358 e.